The Kier molecular flexibility index (Phi) is 4.19. The molecule has 0 bridgehead atoms. The maximum atomic E-state index is 10.9. The fourth-order valence-electron chi connectivity index (χ4n) is 3.16. The number of rotatable bonds is 3. The minimum absolute atomic E-state index is 0.0154. The highest BCUT2D eigenvalue weighted by atomic mass is 16.6. The Morgan fingerprint density at radius 1 is 0.923 bits per heavy atom. The van der Waals surface area contributed by atoms with Crippen molar-refractivity contribution in [1.29, 1.82) is 0 Å². The Labute approximate surface area is 151 Å². The zero-order valence-electron chi connectivity index (χ0n) is 14.0. The molecule has 0 spiro atoms. The molecule has 0 amide bonds. The van der Waals surface area contributed by atoms with Gasteiger partial charge in [-0.25, -0.2) is 0 Å². The number of nitrogens with one attached hydrogen (secondary N) is 1. The van der Waals surface area contributed by atoms with Crippen molar-refractivity contribution in [3.8, 4) is 0 Å². The van der Waals surface area contributed by atoms with E-state index in [1.807, 2.05) is 54.6 Å². The van der Waals surface area contributed by atoms with E-state index in [4.69, 9.17) is 4.99 Å². The van der Waals surface area contributed by atoms with Gasteiger partial charge >= 0.3 is 0 Å². The average molecular weight is 343 g/mol. The number of hydrogen-bond acceptors (Lipinski definition) is 4. The van der Waals surface area contributed by atoms with E-state index in [0.29, 0.717) is 6.42 Å². The molecule has 4 rings (SSSR count). The maximum Gasteiger partial charge on any atom is 0.269 e. The van der Waals surface area contributed by atoms with Crippen LogP contribution in [0.4, 0.5) is 17.1 Å². The summed E-state index contributed by atoms with van der Waals surface area (Å²) in [4.78, 5) is 15.4. The van der Waals surface area contributed by atoms with Crippen LogP contribution < -0.4 is 5.32 Å². The van der Waals surface area contributed by atoms with Crippen molar-refractivity contribution in [3.05, 3.63) is 100 Å². The van der Waals surface area contributed by atoms with Gasteiger partial charge in [-0.3, -0.25) is 15.1 Å². The second-order valence-electron chi connectivity index (χ2n) is 6.19. The van der Waals surface area contributed by atoms with Crippen LogP contribution in [0.15, 0.2) is 83.9 Å². The monoisotopic (exact) mass is 343 g/mol. The average Bonchev–Trinajstić information content (AvgIpc) is 2.88. The summed E-state index contributed by atoms with van der Waals surface area (Å²) in [6.45, 7) is 0. The van der Waals surface area contributed by atoms with Crippen LogP contribution in [0.25, 0.3) is 0 Å². The molecule has 3 aromatic carbocycles. The van der Waals surface area contributed by atoms with Gasteiger partial charge in [0.2, 0.25) is 0 Å². The predicted molar refractivity (Wildman–Crippen MR) is 103 cm³/mol. The summed E-state index contributed by atoms with van der Waals surface area (Å²) < 4.78 is 0. The Bertz CT molecular complexity index is 966. The molecular weight excluding hydrogens is 326 g/mol. The van der Waals surface area contributed by atoms with E-state index in [0.717, 1.165) is 28.2 Å². The fraction of sp³-hybridized carbons (Fsp3) is 0.0952. The lowest BCUT2D eigenvalue weighted by Gasteiger charge is -2.19. The molecule has 5 heteroatoms. The number of nitro groups is 1. The van der Waals surface area contributed by atoms with Crippen LogP contribution in [0.3, 0.4) is 0 Å². The highest BCUT2D eigenvalue weighted by Crippen LogP contribution is 2.35. The summed E-state index contributed by atoms with van der Waals surface area (Å²) in [6.07, 6.45) is 0.691. The van der Waals surface area contributed by atoms with E-state index in [9.17, 15) is 10.1 Å². The Hall–Kier alpha value is -3.47. The lowest BCUT2D eigenvalue weighted by Crippen LogP contribution is -2.14. The van der Waals surface area contributed by atoms with Crippen molar-refractivity contribution in [1.82, 2.24) is 0 Å². The van der Waals surface area contributed by atoms with Gasteiger partial charge in [0.05, 0.1) is 28.1 Å². The summed E-state index contributed by atoms with van der Waals surface area (Å²) in [5, 5.41) is 14.5. The topological polar surface area (TPSA) is 67.5 Å². The van der Waals surface area contributed by atoms with Gasteiger partial charge in [-0.2, -0.15) is 0 Å². The lowest BCUT2D eigenvalue weighted by molar-refractivity contribution is -0.384. The largest absolute Gasteiger partial charge is 0.376 e. The van der Waals surface area contributed by atoms with Gasteiger partial charge < -0.3 is 5.32 Å². The number of fused-ring (bicyclic) bond motifs is 1. The van der Waals surface area contributed by atoms with Crippen LogP contribution in [-0.4, -0.2) is 10.6 Å². The SMILES string of the molecule is O=[N+]([O-])c1ccc([C@H]2CC(c3ccccc3)=Nc3ccccc3N2)cc1. The Morgan fingerprint density at radius 3 is 2.35 bits per heavy atom. The number of nitrogens with zero attached hydrogens (tertiary/aromatic N) is 2. The van der Waals surface area contributed by atoms with Gasteiger partial charge in [0, 0.05) is 18.6 Å². The fourth-order valence-corrected chi connectivity index (χ4v) is 3.16. The summed E-state index contributed by atoms with van der Waals surface area (Å²) in [5.41, 5.74) is 5.03. The molecule has 1 aliphatic rings. The third-order valence-corrected chi connectivity index (χ3v) is 4.50. The van der Waals surface area contributed by atoms with Crippen molar-refractivity contribution < 1.29 is 4.92 Å². The predicted octanol–water partition coefficient (Wildman–Crippen LogP) is 5.27. The first-order valence-electron chi connectivity index (χ1n) is 8.43. The quantitative estimate of drug-likeness (QED) is 0.520. The van der Waals surface area contributed by atoms with Gasteiger partial charge in [0.1, 0.15) is 0 Å². The third kappa shape index (κ3) is 3.19. The minimum Gasteiger partial charge on any atom is -0.376 e. The standard InChI is InChI=1S/C21H17N3O2/c25-24(26)17-12-10-16(11-13-17)21-14-20(15-6-2-1-3-7-15)22-18-8-4-5-9-19(18)23-21/h1-13,21,23H,14H2/t21-/m1/s1. The molecule has 1 heterocycles. The molecule has 0 saturated carbocycles. The van der Waals surface area contributed by atoms with Crippen molar-refractivity contribution in [2.45, 2.75) is 12.5 Å². The van der Waals surface area contributed by atoms with Crippen LogP contribution in [-0.2, 0) is 0 Å². The van der Waals surface area contributed by atoms with Gasteiger partial charge in [0.15, 0.2) is 0 Å². The number of benzene rings is 3. The zero-order valence-corrected chi connectivity index (χ0v) is 14.0. The second-order valence-corrected chi connectivity index (χ2v) is 6.19. The Balaban J connectivity index is 1.75. The van der Waals surface area contributed by atoms with Crippen LogP contribution in [0, 0.1) is 10.1 Å². The molecule has 1 aliphatic heterocycles. The molecule has 0 saturated heterocycles. The first kappa shape index (κ1) is 16.0. The highest BCUT2D eigenvalue weighted by Gasteiger charge is 2.21. The van der Waals surface area contributed by atoms with Gasteiger partial charge in [-0.15, -0.1) is 0 Å². The van der Waals surface area contributed by atoms with Gasteiger partial charge in [-0.1, -0.05) is 54.6 Å². The second kappa shape index (κ2) is 6.80. The van der Waals surface area contributed by atoms with E-state index in [2.05, 4.69) is 17.4 Å². The van der Waals surface area contributed by atoms with Crippen LogP contribution in [0.5, 0.6) is 0 Å². The molecule has 0 fully saturated rings. The molecule has 3 aromatic rings. The van der Waals surface area contributed by atoms with E-state index < -0.39 is 0 Å². The third-order valence-electron chi connectivity index (χ3n) is 4.50. The molecule has 26 heavy (non-hydrogen) atoms. The molecule has 0 unspecified atom stereocenters. The van der Waals surface area contributed by atoms with E-state index in [1.165, 1.54) is 0 Å². The van der Waals surface area contributed by atoms with E-state index in [-0.39, 0.29) is 16.7 Å². The van der Waals surface area contributed by atoms with Crippen LogP contribution >= 0.6 is 0 Å². The number of nitro benzene ring substituents is 1. The Morgan fingerprint density at radius 2 is 1.62 bits per heavy atom. The van der Waals surface area contributed by atoms with E-state index in [1.54, 1.807) is 12.1 Å². The van der Waals surface area contributed by atoms with Crippen molar-refractivity contribution in [2.75, 3.05) is 5.32 Å². The number of aliphatic imine (C=N–C) groups is 1. The normalized spacial score (nSPS) is 16.0. The minimum atomic E-state index is -0.379. The number of hydrogen-bond donors (Lipinski definition) is 1. The number of anilines is 1. The van der Waals surface area contributed by atoms with Crippen molar-refractivity contribution in [2.24, 2.45) is 4.99 Å². The van der Waals surface area contributed by atoms with Crippen LogP contribution in [0.1, 0.15) is 23.6 Å². The number of non-ortho nitro benzene ring substituents is 1. The van der Waals surface area contributed by atoms with Crippen LogP contribution in [0.2, 0.25) is 0 Å². The van der Waals surface area contributed by atoms with Gasteiger partial charge in [0.25, 0.3) is 5.69 Å². The zero-order chi connectivity index (χ0) is 17.9. The summed E-state index contributed by atoms with van der Waals surface area (Å²) >= 11 is 0. The lowest BCUT2D eigenvalue weighted by atomic mass is 9.97. The number of para-hydroxylation sites is 2. The smallest absolute Gasteiger partial charge is 0.269 e. The molecule has 0 aliphatic carbocycles. The van der Waals surface area contributed by atoms with Gasteiger partial charge in [-0.05, 0) is 23.3 Å². The first-order chi connectivity index (χ1) is 12.7. The molecule has 1 N–H and O–H groups in total. The molecule has 0 aromatic heterocycles. The molecule has 128 valence electrons. The summed E-state index contributed by atoms with van der Waals surface area (Å²) in [6, 6.07) is 24.7. The molecular formula is C21H17N3O2. The molecule has 1 atom stereocenters. The van der Waals surface area contributed by atoms with Crippen molar-refractivity contribution >= 4 is 22.8 Å². The molecule has 0 radical (unpaired) electrons. The molecule has 5 nitrogen and oxygen atoms in total. The van der Waals surface area contributed by atoms with Crippen molar-refractivity contribution in [3.63, 3.8) is 0 Å². The first-order valence-corrected chi connectivity index (χ1v) is 8.43. The summed E-state index contributed by atoms with van der Waals surface area (Å²) in [7, 11) is 0. The highest BCUT2D eigenvalue weighted by molar-refractivity contribution is 6.04. The summed E-state index contributed by atoms with van der Waals surface area (Å²) in [5.74, 6) is 0. The maximum absolute atomic E-state index is 10.9. The van der Waals surface area contributed by atoms with E-state index >= 15 is 0 Å².